The first-order chi connectivity index (χ1) is 15.2. The average Bonchev–Trinajstić information content (AvgIpc) is 3.01. The molecule has 0 saturated carbocycles. The predicted octanol–water partition coefficient (Wildman–Crippen LogP) is 2.56. The number of carbonyl (C=O) groups is 1. The summed E-state index contributed by atoms with van der Waals surface area (Å²) in [5.41, 5.74) is 3.79. The topological polar surface area (TPSA) is 68.7 Å². The number of halogens is 1. The quantitative estimate of drug-likeness (QED) is 0.748. The fraction of sp³-hybridized carbons (Fsp3) is 0.520. The highest BCUT2D eigenvalue weighted by Gasteiger charge is 2.42. The molecule has 2 aliphatic heterocycles. The van der Waals surface area contributed by atoms with E-state index in [1.54, 1.807) is 12.1 Å². The minimum Gasteiger partial charge on any atom is -0.390 e. The van der Waals surface area contributed by atoms with Gasteiger partial charge in [0.2, 0.25) is 5.91 Å². The van der Waals surface area contributed by atoms with Crippen molar-refractivity contribution in [2.75, 3.05) is 19.6 Å². The molecule has 1 amide bonds. The number of piperazine rings is 1. The van der Waals surface area contributed by atoms with Crippen LogP contribution in [0.25, 0.3) is 0 Å². The van der Waals surface area contributed by atoms with Crippen LogP contribution < -0.4 is 5.32 Å². The van der Waals surface area contributed by atoms with Crippen molar-refractivity contribution in [2.45, 2.75) is 64.9 Å². The van der Waals surface area contributed by atoms with Gasteiger partial charge in [0.15, 0.2) is 0 Å². The van der Waals surface area contributed by atoms with Crippen LogP contribution in [0, 0.1) is 5.82 Å². The molecule has 0 unspecified atom stereocenters. The third kappa shape index (κ3) is 4.42. The SMILES string of the molecule is C[C@@H]1CN(CC(=O)N2Cc3cc(Cc4ccc(F)cc4)c(CO)nc3C2(C)C)[C@@H](C)CN1. The van der Waals surface area contributed by atoms with Gasteiger partial charge in [-0.2, -0.15) is 0 Å². The molecule has 1 saturated heterocycles. The van der Waals surface area contributed by atoms with Crippen LogP contribution in [0.3, 0.4) is 0 Å². The molecule has 0 spiro atoms. The predicted molar refractivity (Wildman–Crippen MR) is 121 cm³/mol. The van der Waals surface area contributed by atoms with Crippen LogP contribution in [-0.2, 0) is 29.9 Å². The third-order valence-electron chi connectivity index (χ3n) is 6.84. The van der Waals surface area contributed by atoms with Gasteiger partial charge >= 0.3 is 0 Å². The third-order valence-corrected chi connectivity index (χ3v) is 6.84. The van der Waals surface area contributed by atoms with E-state index in [1.807, 2.05) is 18.7 Å². The van der Waals surface area contributed by atoms with Gasteiger partial charge in [-0.15, -0.1) is 0 Å². The summed E-state index contributed by atoms with van der Waals surface area (Å²) < 4.78 is 13.3. The fourth-order valence-electron chi connectivity index (χ4n) is 4.88. The van der Waals surface area contributed by atoms with Gasteiger partial charge in [-0.3, -0.25) is 14.7 Å². The first kappa shape index (κ1) is 22.8. The number of aliphatic hydroxyl groups is 1. The average molecular weight is 441 g/mol. The maximum Gasteiger partial charge on any atom is 0.237 e. The fourth-order valence-corrected chi connectivity index (χ4v) is 4.88. The summed E-state index contributed by atoms with van der Waals surface area (Å²) in [7, 11) is 0. The second kappa shape index (κ2) is 8.89. The molecule has 2 atom stereocenters. The number of hydrogen-bond acceptors (Lipinski definition) is 5. The van der Waals surface area contributed by atoms with Crippen LogP contribution in [0.2, 0.25) is 0 Å². The summed E-state index contributed by atoms with van der Waals surface area (Å²) in [6.45, 7) is 10.8. The minimum atomic E-state index is -0.548. The molecule has 0 radical (unpaired) electrons. The van der Waals surface area contributed by atoms with Gasteiger partial charge in [0.25, 0.3) is 0 Å². The number of rotatable bonds is 5. The molecule has 1 aromatic heterocycles. The van der Waals surface area contributed by atoms with Gasteiger partial charge in [-0.1, -0.05) is 12.1 Å². The standard InChI is InChI=1S/C25H33FN4O2/c1-16-12-29(17(2)11-27-16)14-23(32)30-13-20-10-19(9-18-5-7-21(26)8-6-18)22(15-31)28-24(20)25(30,3)4/h5-8,10,16-17,27,31H,9,11-15H2,1-4H3/t16-,17+/m1/s1. The number of fused-ring (bicyclic) bond motifs is 1. The number of pyridine rings is 1. The van der Waals surface area contributed by atoms with Crippen molar-refractivity contribution in [1.29, 1.82) is 0 Å². The van der Waals surface area contributed by atoms with Crippen molar-refractivity contribution in [3.8, 4) is 0 Å². The van der Waals surface area contributed by atoms with E-state index in [9.17, 15) is 14.3 Å². The van der Waals surface area contributed by atoms with E-state index in [1.165, 1.54) is 12.1 Å². The minimum absolute atomic E-state index is 0.0968. The summed E-state index contributed by atoms with van der Waals surface area (Å²) in [4.78, 5) is 22.3. The van der Waals surface area contributed by atoms with Gasteiger partial charge in [0.1, 0.15) is 5.82 Å². The Bertz CT molecular complexity index is 992. The lowest BCUT2D eigenvalue weighted by molar-refractivity contribution is -0.138. The monoisotopic (exact) mass is 440 g/mol. The lowest BCUT2D eigenvalue weighted by Crippen LogP contribution is -2.57. The normalized spacial score (nSPS) is 22.8. The molecular formula is C25H33FN4O2. The molecule has 1 aromatic carbocycles. The Morgan fingerprint density at radius 2 is 2.00 bits per heavy atom. The van der Waals surface area contributed by atoms with Crippen LogP contribution in [0.15, 0.2) is 30.3 Å². The molecule has 4 rings (SSSR count). The first-order valence-electron chi connectivity index (χ1n) is 11.3. The lowest BCUT2D eigenvalue weighted by Gasteiger charge is -2.39. The van der Waals surface area contributed by atoms with Crippen molar-refractivity contribution in [2.24, 2.45) is 0 Å². The highest BCUT2D eigenvalue weighted by atomic mass is 19.1. The Morgan fingerprint density at radius 3 is 2.69 bits per heavy atom. The molecule has 2 N–H and O–H groups in total. The van der Waals surface area contributed by atoms with E-state index in [0.717, 1.165) is 35.5 Å². The number of carbonyl (C=O) groups excluding carboxylic acids is 1. The number of aliphatic hydroxyl groups excluding tert-OH is 1. The lowest BCUT2D eigenvalue weighted by atomic mass is 9.95. The summed E-state index contributed by atoms with van der Waals surface area (Å²) in [5.74, 6) is -0.174. The number of benzene rings is 1. The maximum atomic E-state index is 13.4. The number of hydrogen-bond donors (Lipinski definition) is 2. The zero-order chi connectivity index (χ0) is 23.0. The highest BCUT2D eigenvalue weighted by molar-refractivity contribution is 5.80. The Labute approximate surface area is 189 Å². The summed E-state index contributed by atoms with van der Waals surface area (Å²) in [6, 6.07) is 9.11. The van der Waals surface area contributed by atoms with E-state index >= 15 is 0 Å². The van der Waals surface area contributed by atoms with Gasteiger partial charge < -0.3 is 15.3 Å². The summed E-state index contributed by atoms with van der Waals surface area (Å²) in [6.07, 6.45) is 0.557. The molecule has 172 valence electrons. The zero-order valence-electron chi connectivity index (χ0n) is 19.4. The van der Waals surface area contributed by atoms with E-state index in [-0.39, 0.29) is 18.3 Å². The Kier molecular flexibility index (Phi) is 6.34. The second-order valence-electron chi connectivity index (χ2n) is 9.69. The first-order valence-corrected chi connectivity index (χ1v) is 11.3. The zero-order valence-corrected chi connectivity index (χ0v) is 19.4. The van der Waals surface area contributed by atoms with Crippen LogP contribution in [-0.4, -0.2) is 57.5 Å². The summed E-state index contributed by atoms with van der Waals surface area (Å²) in [5, 5.41) is 13.4. The second-order valence-corrected chi connectivity index (χ2v) is 9.69. The molecule has 1 fully saturated rings. The van der Waals surface area contributed by atoms with Crippen molar-refractivity contribution in [1.82, 2.24) is 20.1 Å². The largest absolute Gasteiger partial charge is 0.390 e. The van der Waals surface area contributed by atoms with Crippen molar-refractivity contribution in [3.05, 3.63) is 64.2 Å². The Morgan fingerprint density at radius 1 is 1.28 bits per heavy atom. The Hall–Kier alpha value is -2.35. The van der Waals surface area contributed by atoms with Gasteiger partial charge in [0, 0.05) is 31.7 Å². The smallest absolute Gasteiger partial charge is 0.237 e. The van der Waals surface area contributed by atoms with E-state index < -0.39 is 5.54 Å². The van der Waals surface area contributed by atoms with Crippen molar-refractivity contribution in [3.63, 3.8) is 0 Å². The van der Waals surface area contributed by atoms with Gasteiger partial charge in [-0.05, 0) is 69.0 Å². The molecular weight excluding hydrogens is 407 g/mol. The van der Waals surface area contributed by atoms with Crippen LogP contribution in [0.1, 0.15) is 55.8 Å². The number of nitrogens with one attached hydrogen (secondary N) is 1. The van der Waals surface area contributed by atoms with Crippen LogP contribution in [0.4, 0.5) is 4.39 Å². The molecule has 7 heteroatoms. The molecule has 6 nitrogen and oxygen atoms in total. The number of aromatic nitrogens is 1. The number of nitrogens with zero attached hydrogens (tertiary/aromatic N) is 3. The summed E-state index contributed by atoms with van der Waals surface area (Å²) >= 11 is 0. The van der Waals surface area contributed by atoms with E-state index in [0.29, 0.717) is 37.3 Å². The van der Waals surface area contributed by atoms with Gasteiger partial charge in [0.05, 0.1) is 30.1 Å². The van der Waals surface area contributed by atoms with Crippen LogP contribution >= 0.6 is 0 Å². The highest BCUT2D eigenvalue weighted by Crippen LogP contribution is 2.39. The van der Waals surface area contributed by atoms with E-state index in [4.69, 9.17) is 4.98 Å². The van der Waals surface area contributed by atoms with E-state index in [2.05, 4.69) is 30.1 Å². The molecule has 2 aromatic rings. The molecule has 32 heavy (non-hydrogen) atoms. The molecule has 3 heterocycles. The molecule has 0 aliphatic carbocycles. The molecule has 0 bridgehead atoms. The van der Waals surface area contributed by atoms with Gasteiger partial charge in [-0.25, -0.2) is 4.39 Å². The van der Waals surface area contributed by atoms with Crippen molar-refractivity contribution < 1.29 is 14.3 Å². The van der Waals surface area contributed by atoms with Crippen LogP contribution in [0.5, 0.6) is 0 Å². The number of amides is 1. The maximum absolute atomic E-state index is 13.4. The molecule has 2 aliphatic rings. The van der Waals surface area contributed by atoms with Crippen molar-refractivity contribution >= 4 is 5.91 Å². The Balaban J connectivity index is 1.57.